The summed E-state index contributed by atoms with van der Waals surface area (Å²) in [4.78, 5) is 24.1. The van der Waals surface area contributed by atoms with Gasteiger partial charge in [0.15, 0.2) is 17.2 Å². The molecule has 0 radical (unpaired) electrons. The molecule has 0 bridgehead atoms. The summed E-state index contributed by atoms with van der Waals surface area (Å²) < 4.78 is 38.2. The van der Waals surface area contributed by atoms with E-state index in [4.69, 9.17) is 37.8 Å². The van der Waals surface area contributed by atoms with Gasteiger partial charge < -0.3 is 19.9 Å². The number of nitrogens with one attached hydrogen (secondary N) is 1. The number of rotatable bonds is 10. The minimum absolute atomic E-state index is 0.0447. The van der Waals surface area contributed by atoms with Crippen LogP contribution >= 0.6 is 50.5 Å². The Labute approximate surface area is 254 Å². The van der Waals surface area contributed by atoms with E-state index in [-0.39, 0.29) is 27.4 Å². The van der Waals surface area contributed by atoms with Gasteiger partial charge in [-0.1, -0.05) is 47.5 Å². The number of carboxylic acids is 1. The van der Waals surface area contributed by atoms with Crippen LogP contribution in [0.4, 0.5) is 5.69 Å². The number of methoxy groups -OCH3 is 1. The van der Waals surface area contributed by atoms with Gasteiger partial charge in [0.25, 0.3) is 0 Å². The average Bonchev–Trinajstić information content (AvgIpc) is 3.26. The van der Waals surface area contributed by atoms with E-state index in [2.05, 4.69) is 21.2 Å². The summed E-state index contributed by atoms with van der Waals surface area (Å²) in [6, 6.07) is 12.5. The molecule has 0 amide bonds. The van der Waals surface area contributed by atoms with E-state index in [9.17, 15) is 18.0 Å². The van der Waals surface area contributed by atoms with Crippen LogP contribution in [0.2, 0.25) is 10.0 Å². The van der Waals surface area contributed by atoms with Gasteiger partial charge in [0, 0.05) is 24.8 Å². The highest BCUT2D eigenvalue weighted by molar-refractivity contribution is 9.10. The maximum absolute atomic E-state index is 13.0. The SMILES string of the molecule is COC(=O)c1sc(-c2cccc(NC3CCN(S(=O)(=O)Cc4cccc(Cl)c4Cl)CC3)c2)c(Br)c1OCC(=O)O. The first-order chi connectivity index (χ1) is 19.0. The molecular formula is C26H25BrCl2N2O7S2. The molecule has 3 aromatic rings. The Morgan fingerprint density at radius 3 is 2.55 bits per heavy atom. The maximum atomic E-state index is 13.0. The molecule has 14 heteroatoms. The molecule has 1 aliphatic rings. The van der Waals surface area contributed by atoms with Crippen LogP contribution in [0.15, 0.2) is 46.9 Å². The monoisotopic (exact) mass is 690 g/mol. The number of anilines is 1. The largest absolute Gasteiger partial charge is 0.479 e. The van der Waals surface area contributed by atoms with Gasteiger partial charge in [0.05, 0.1) is 32.3 Å². The summed E-state index contributed by atoms with van der Waals surface area (Å²) in [7, 11) is -2.33. The fraction of sp³-hybridized carbons (Fsp3) is 0.308. The molecule has 0 atom stereocenters. The number of halogens is 3. The first-order valence-corrected chi connectivity index (χ1v) is 16.0. The molecule has 1 aliphatic heterocycles. The van der Waals surface area contributed by atoms with Crippen LogP contribution in [0.25, 0.3) is 10.4 Å². The molecule has 1 fully saturated rings. The van der Waals surface area contributed by atoms with Crippen LogP contribution in [-0.4, -0.2) is 62.6 Å². The Balaban J connectivity index is 1.44. The van der Waals surface area contributed by atoms with Crippen molar-refractivity contribution in [1.29, 1.82) is 0 Å². The van der Waals surface area contributed by atoms with Crippen molar-refractivity contribution in [2.75, 3.05) is 32.1 Å². The van der Waals surface area contributed by atoms with Gasteiger partial charge in [-0.3, -0.25) is 0 Å². The van der Waals surface area contributed by atoms with Gasteiger partial charge in [-0.15, -0.1) is 11.3 Å². The zero-order valence-corrected chi connectivity index (χ0v) is 25.9. The Kier molecular flexibility index (Phi) is 10.0. The van der Waals surface area contributed by atoms with Crippen molar-refractivity contribution in [2.45, 2.75) is 24.6 Å². The lowest BCUT2D eigenvalue weighted by Gasteiger charge is -2.32. The van der Waals surface area contributed by atoms with Gasteiger partial charge in [0.1, 0.15) is 0 Å². The van der Waals surface area contributed by atoms with E-state index in [0.29, 0.717) is 45.9 Å². The summed E-state index contributed by atoms with van der Waals surface area (Å²) >= 11 is 16.8. The number of hydrogen-bond donors (Lipinski definition) is 2. The van der Waals surface area contributed by atoms with Gasteiger partial charge in [-0.05, 0) is 58.1 Å². The van der Waals surface area contributed by atoms with Gasteiger partial charge in [-0.25, -0.2) is 22.3 Å². The third kappa shape index (κ3) is 7.10. The molecule has 1 aromatic heterocycles. The normalized spacial score (nSPS) is 14.6. The van der Waals surface area contributed by atoms with Gasteiger partial charge in [-0.2, -0.15) is 0 Å². The number of carbonyl (C=O) groups excluding carboxylic acids is 1. The predicted molar refractivity (Wildman–Crippen MR) is 159 cm³/mol. The highest BCUT2D eigenvalue weighted by Gasteiger charge is 2.29. The lowest BCUT2D eigenvalue weighted by atomic mass is 10.1. The number of benzene rings is 2. The fourth-order valence-electron chi connectivity index (χ4n) is 4.28. The molecular weight excluding hydrogens is 667 g/mol. The van der Waals surface area contributed by atoms with E-state index < -0.39 is 28.6 Å². The Morgan fingerprint density at radius 2 is 1.88 bits per heavy atom. The van der Waals surface area contributed by atoms with Crippen molar-refractivity contribution in [1.82, 2.24) is 4.31 Å². The molecule has 2 heterocycles. The Hall–Kier alpha value is -2.35. The number of piperidine rings is 1. The van der Waals surface area contributed by atoms with Crippen LogP contribution in [0.3, 0.4) is 0 Å². The number of sulfonamides is 1. The van der Waals surface area contributed by atoms with Crippen LogP contribution in [0, 0.1) is 0 Å². The van der Waals surface area contributed by atoms with Crippen LogP contribution in [-0.2, 0) is 25.3 Å². The number of carbonyl (C=O) groups is 2. The third-order valence-corrected chi connectivity index (χ3v) is 11.1. The second kappa shape index (κ2) is 13.1. The second-order valence-corrected chi connectivity index (χ2v) is 13.5. The van der Waals surface area contributed by atoms with Crippen LogP contribution in [0.5, 0.6) is 5.75 Å². The van der Waals surface area contributed by atoms with Gasteiger partial charge in [0.2, 0.25) is 10.0 Å². The number of esters is 1. The minimum Gasteiger partial charge on any atom is -0.479 e. The smallest absolute Gasteiger partial charge is 0.351 e. The summed E-state index contributed by atoms with van der Waals surface area (Å²) in [5.41, 5.74) is 2.06. The van der Waals surface area contributed by atoms with Gasteiger partial charge >= 0.3 is 11.9 Å². The molecule has 40 heavy (non-hydrogen) atoms. The van der Waals surface area contributed by atoms with E-state index >= 15 is 0 Å². The molecule has 0 unspecified atom stereocenters. The summed E-state index contributed by atoms with van der Waals surface area (Å²) in [6.07, 6.45) is 1.21. The van der Waals surface area contributed by atoms with E-state index in [0.717, 1.165) is 22.6 Å². The van der Waals surface area contributed by atoms with Crippen molar-refractivity contribution in [2.24, 2.45) is 0 Å². The fourth-order valence-corrected chi connectivity index (χ4v) is 8.30. The van der Waals surface area contributed by atoms with Crippen molar-refractivity contribution in [3.05, 3.63) is 67.4 Å². The molecule has 9 nitrogen and oxygen atoms in total. The summed E-state index contributed by atoms with van der Waals surface area (Å²) in [5.74, 6) is -1.91. The predicted octanol–water partition coefficient (Wildman–Crippen LogP) is 6.14. The number of aliphatic carboxylic acids is 1. The first-order valence-electron chi connectivity index (χ1n) is 12.0. The van der Waals surface area contributed by atoms with Crippen molar-refractivity contribution in [3.8, 4) is 16.2 Å². The number of nitrogens with zero attached hydrogens (tertiary/aromatic N) is 1. The minimum atomic E-state index is -3.57. The van der Waals surface area contributed by atoms with Crippen LogP contribution in [0.1, 0.15) is 28.1 Å². The molecule has 214 valence electrons. The molecule has 0 spiro atoms. The Bertz CT molecular complexity index is 1520. The van der Waals surface area contributed by atoms with Crippen molar-refractivity contribution < 1.29 is 32.6 Å². The molecule has 0 aliphatic carbocycles. The highest BCUT2D eigenvalue weighted by Crippen LogP contribution is 2.46. The quantitative estimate of drug-likeness (QED) is 0.243. The average molecular weight is 692 g/mol. The summed E-state index contributed by atoms with van der Waals surface area (Å²) in [5, 5.41) is 13.1. The first kappa shape index (κ1) is 30.6. The molecule has 2 N–H and O–H groups in total. The molecule has 0 saturated carbocycles. The lowest BCUT2D eigenvalue weighted by molar-refractivity contribution is -0.139. The van der Waals surface area contributed by atoms with Crippen LogP contribution < -0.4 is 10.1 Å². The maximum Gasteiger partial charge on any atom is 0.351 e. The van der Waals surface area contributed by atoms with E-state index in [1.165, 1.54) is 11.4 Å². The third-order valence-electron chi connectivity index (χ3n) is 6.23. The van der Waals surface area contributed by atoms with E-state index in [1.54, 1.807) is 18.2 Å². The second-order valence-electron chi connectivity index (χ2n) is 8.95. The van der Waals surface area contributed by atoms with Crippen molar-refractivity contribution in [3.63, 3.8) is 0 Å². The number of ether oxygens (including phenoxy) is 2. The van der Waals surface area contributed by atoms with E-state index in [1.807, 2.05) is 24.3 Å². The lowest BCUT2D eigenvalue weighted by Crippen LogP contribution is -2.42. The Morgan fingerprint density at radius 1 is 1.18 bits per heavy atom. The number of carboxylic acid groups (broad SMARTS) is 1. The summed E-state index contributed by atoms with van der Waals surface area (Å²) in [6.45, 7) is 0.114. The zero-order chi connectivity index (χ0) is 29.0. The number of thiophene rings is 1. The highest BCUT2D eigenvalue weighted by atomic mass is 79.9. The van der Waals surface area contributed by atoms with Crippen molar-refractivity contribution >= 4 is 78.1 Å². The standard InChI is InChI=1S/C26H25BrCl2N2O7S2/c1-37-26(34)25-23(38-13-20(32)33)21(27)24(39-25)15-4-2-6-18(12-15)30-17-8-10-31(11-9-17)40(35,36)14-16-5-3-7-19(28)22(16)29/h2-7,12,17,30H,8-11,13-14H2,1H3,(H,32,33). The zero-order valence-electron chi connectivity index (χ0n) is 21.2. The topological polar surface area (TPSA) is 122 Å². The number of hydrogen-bond acceptors (Lipinski definition) is 8. The molecule has 1 saturated heterocycles. The molecule has 2 aromatic carbocycles. The molecule has 4 rings (SSSR count).